The van der Waals surface area contributed by atoms with Crippen LogP contribution in [0, 0.1) is 0 Å². The number of imidazole rings is 1. The molecule has 5 nitrogen and oxygen atoms in total. The molecular formula is C67H43N5. The molecule has 15 rings (SSSR count). The molecule has 0 spiro atoms. The highest BCUT2D eigenvalue weighted by atomic mass is 15.1. The number of rotatable bonds is 7. The van der Waals surface area contributed by atoms with Crippen LogP contribution in [-0.4, -0.2) is 23.3 Å². The highest BCUT2D eigenvalue weighted by molar-refractivity contribution is 6.14. The first-order valence-corrected chi connectivity index (χ1v) is 24.6. The van der Waals surface area contributed by atoms with Gasteiger partial charge in [-0.2, -0.15) is 0 Å². The Balaban J connectivity index is 0.911. The van der Waals surface area contributed by atoms with Crippen LogP contribution < -0.4 is 0 Å². The average molecular weight is 918 g/mol. The van der Waals surface area contributed by atoms with E-state index in [1.165, 1.54) is 76.6 Å². The zero-order valence-corrected chi connectivity index (χ0v) is 39.1. The number of para-hydroxylation sites is 7. The molecule has 0 amide bonds. The van der Waals surface area contributed by atoms with E-state index in [0.29, 0.717) is 0 Å². The summed E-state index contributed by atoms with van der Waals surface area (Å²) in [6, 6.07) is 94.7. The third-order valence-electron chi connectivity index (χ3n) is 14.8. The van der Waals surface area contributed by atoms with Crippen LogP contribution in [0.25, 0.3) is 133 Å². The zero-order valence-electron chi connectivity index (χ0n) is 39.1. The Kier molecular flexibility index (Phi) is 8.89. The maximum Gasteiger partial charge on any atom is 0.145 e. The summed E-state index contributed by atoms with van der Waals surface area (Å²) < 4.78 is 9.45. The summed E-state index contributed by atoms with van der Waals surface area (Å²) in [6.45, 7) is 0. The minimum atomic E-state index is 0.915. The summed E-state index contributed by atoms with van der Waals surface area (Å²) in [5.74, 6) is 0.915. The molecule has 0 aliphatic rings. The molecule has 336 valence electrons. The summed E-state index contributed by atoms with van der Waals surface area (Å²) >= 11 is 0. The van der Waals surface area contributed by atoms with Gasteiger partial charge in [0.25, 0.3) is 0 Å². The fraction of sp³-hybridized carbons (Fsp3) is 0. The van der Waals surface area contributed by atoms with Crippen LogP contribution in [-0.2, 0) is 0 Å². The van der Waals surface area contributed by atoms with E-state index >= 15 is 0 Å². The Morgan fingerprint density at radius 1 is 0.208 bits per heavy atom. The Labute approximate surface area is 414 Å². The number of nitrogens with zero attached hydrogens (tertiary/aromatic N) is 5. The minimum absolute atomic E-state index is 0.915. The third kappa shape index (κ3) is 6.17. The van der Waals surface area contributed by atoms with Gasteiger partial charge in [0.15, 0.2) is 0 Å². The highest BCUT2D eigenvalue weighted by Gasteiger charge is 2.20. The monoisotopic (exact) mass is 917 g/mol. The van der Waals surface area contributed by atoms with E-state index < -0.39 is 0 Å². The quantitative estimate of drug-likeness (QED) is 0.157. The summed E-state index contributed by atoms with van der Waals surface area (Å²) in [5.41, 5.74) is 19.4. The lowest BCUT2D eigenvalue weighted by Gasteiger charge is -2.12. The van der Waals surface area contributed by atoms with Gasteiger partial charge in [0.1, 0.15) is 5.82 Å². The molecular weight excluding hydrogens is 875 g/mol. The predicted molar refractivity (Wildman–Crippen MR) is 300 cm³/mol. The molecule has 0 radical (unpaired) electrons. The maximum atomic E-state index is 5.19. The van der Waals surface area contributed by atoms with Crippen LogP contribution in [0.3, 0.4) is 0 Å². The van der Waals surface area contributed by atoms with Gasteiger partial charge in [0, 0.05) is 60.6 Å². The standard InChI is InChI=1S/C67H43N5/c1-4-16-49(17-5-1)69-60-25-13-10-22-53(60)55-40-45(30-36-62(55)69)47-32-38-64-57(42-47)58-43-48(46-31-37-63-56(41-46)54-23-11-14-26-61(54)70(63)50-18-6-2-7-19-50)33-39-65(58)71(64)52-34-28-44(29-35-52)67-68-59-24-12-15-27-66(59)72(67)51-20-8-3-9-21-51/h1-43H. The Hall–Kier alpha value is -9.71. The Morgan fingerprint density at radius 2 is 0.514 bits per heavy atom. The number of aromatic nitrogens is 5. The molecule has 0 aliphatic heterocycles. The molecule has 0 aliphatic carbocycles. The summed E-state index contributed by atoms with van der Waals surface area (Å²) in [4.78, 5) is 5.19. The van der Waals surface area contributed by atoms with Crippen molar-refractivity contribution in [2.45, 2.75) is 0 Å². The molecule has 4 aromatic heterocycles. The molecule has 72 heavy (non-hydrogen) atoms. The second-order valence-electron chi connectivity index (χ2n) is 18.8. The average Bonchev–Trinajstić information content (AvgIpc) is 4.20. The van der Waals surface area contributed by atoms with E-state index in [-0.39, 0.29) is 0 Å². The van der Waals surface area contributed by atoms with Gasteiger partial charge in [-0.1, -0.05) is 127 Å². The maximum absolute atomic E-state index is 5.19. The first kappa shape index (κ1) is 40.2. The largest absolute Gasteiger partial charge is 0.309 e. The van der Waals surface area contributed by atoms with Crippen molar-refractivity contribution in [1.82, 2.24) is 23.3 Å². The molecule has 0 unspecified atom stereocenters. The van der Waals surface area contributed by atoms with Crippen molar-refractivity contribution in [2.24, 2.45) is 0 Å². The fourth-order valence-corrected chi connectivity index (χ4v) is 11.5. The lowest BCUT2D eigenvalue weighted by Crippen LogP contribution is -1.98. The van der Waals surface area contributed by atoms with Crippen molar-refractivity contribution >= 4 is 76.5 Å². The van der Waals surface area contributed by atoms with Crippen molar-refractivity contribution in [3.8, 4) is 56.4 Å². The lowest BCUT2D eigenvalue weighted by atomic mass is 9.98. The molecule has 0 atom stereocenters. The topological polar surface area (TPSA) is 32.6 Å². The summed E-state index contributed by atoms with van der Waals surface area (Å²) in [5, 5.41) is 7.36. The van der Waals surface area contributed by atoms with Crippen molar-refractivity contribution in [2.75, 3.05) is 0 Å². The van der Waals surface area contributed by atoms with E-state index in [1.54, 1.807) is 0 Å². The smallest absolute Gasteiger partial charge is 0.145 e. The third-order valence-corrected chi connectivity index (χ3v) is 14.8. The Bertz CT molecular complexity index is 4380. The number of hydrogen-bond donors (Lipinski definition) is 0. The first-order valence-electron chi connectivity index (χ1n) is 24.6. The van der Waals surface area contributed by atoms with Crippen molar-refractivity contribution in [3.05, 3.63) is 261 Å². The molecule has 0 N–H and O–H groups in total. The zero-order chi connectivity index (χ0) is 47.3. The first-order chi connectivity index (χ1) is 35.7. The lowest BCUT2D eigenvalue weighted by molar-refractivity contribution is 1.10. The van der Waals surface area contributed by atoms with Crippen LogP contribution in [0.15, 0.2) is 261 Å². The molecule has 0 saturated carbocycles. The van der Waals surface area contributed by atoms with Gasteiger partial charge in [0.05, 0.1) is 44.1 Å². The van der Waals surface area contributed by atoms with Gasteiger partial charge in [-0.25, -0.2) is 4.98 Å². The summed E-state index contributed by atoms with van der Waals surface area (Å²) in [7, 11) is 0. The number of benzene rings is 11. The molecule has 0 bridgehead atoms. The number of fused-ring (bicyclic) bond motifs is 10. The van der Waals surface area contributed by atoms with Crippen LogP contribution in [0.2, 0.25) is 0 Å². The van der Waals surface area contributed by atoms with Crippen LogP contribution in [0.1, 0.15) is 0 Å². The SMILES string of the molecule is c1ccc(-n2c(-c3ccc(-n4c5ccc(-c6ccc7c(c6)c6ccccc6n7-c6ccccc6)cc5c5cc(-c6ccc7c(c6)c6ccccc6n7-c6ccccc6)ccc54)cc3)nc3ccccc32)cc1. The second kappa shape index (κ2) is 15.9. The molecule has 15 aromatic rings. The van der Waals surface area contributed by atoms with E-state index in [0.717, 1.165) is 56.2 Å². The van der Waals surface area contributed by atoms with E-state index in [9.17, 15) is 0 Å². The van der Waals surface area contributed by atoms with Crippen molar-refractivity contribution in [1.29, 1.82) is 0 Å². The van der Waals surface area contributed by atoms with E-state index in [2.05, 4.69) is 279 Å². The minimum Gasteiger partial charge on any atom is -0.309 e. The summed E-state index contributed by atoms with van der Waals surface area (Å²) in [6.07, 6.45) is 0. The van der Waals surface area contributed by atoms with Crippen LogP contribution >= 0.6 is 0 Å². The van der Waals surface area contributed by atoms with Crippen LogP contribution in [0.4, 0.5) is 0 Å². The normalized spacial score (nSPS) is 11.9. The second-order valence-corrected chi connectivity index (χ2v) is 18.8. The fourth-order valence-electron chi connectivity index (χ4n) is 11.5. The molecule has 0 saturated heterocycles. The van der Waals surface area contributed by atoms with Crippen molar-refractivity contribution < 1.29 is 0 Å². The number of hydrogen-bond acceptors (Lipinski definition) is 1. The van der Waals surface area contributed by atoms with Gasteiger partial charge >= 0.3 is 0 Å². The predicted octanol–water partition coefficient (Wildman–Crippen LogP) is 17.3. The van der Waals surface area contributed by atoms with Gasteiger partial charge in [-0.15, -0.1) is 0 Å². The van der Waals surface area contributed by atoms with Gasteiger partial charge < -0.3 is 13.7 Å². The molecule has 0 fully saturated rings. The van der Waals surface area contributed by atoms with Gasteiger partial charge in [-0.05, 0) is 156 Å². The highest BCUT2D eigenvalue weighted by Crippen LogP contribution is 2.41. The Morgan fingerprint density at radius 3 is 0.944 bits per heavy atom. The molecule has 4 heterocycles. The molecule has 11 aromatic carbocycles. The van der Waals surface area contributed by atoms with Crippen molar-refractivity contribution in [3.63, 3.8) is 0 Å². The van der Waals surface area contributed by atoms with Crippen LogP contribution in [0.5, 0.6) is 0 Å². The van der Waals surface area contributed by atoms with Gasteiger partial charge in [-0.3, -0.25) is 4.57 Å². The van der Waals surface area contributed by atoms with E-state index in [4.69, 9.17) is 4.98 Å². The van der Waals surface area contributed by atoms with E-state index in [1.807, 2.05) is 0 Å². The van der Waals surface area contributed by atoms with Gasteiger partial charge in [0.2, 0.25) is 0 Å². The molecule has 5 heteroatoms.